The van der Waals surface area contributed by atoms with Gasteiger partial charge in [0.2, 0.25) is 0 Å². The quantitative estimate of drug-likeness (QED) is 0.144. The molecule has 28 rings (SSSR count). The lowest BCUT2D eigenvalue weighted by molar-refractivity contribution is 0.631. The third-order valence-electron chi connectivity index (χ3n) is 31.9. The molecule has 0 fully saturated rings. The van der Waals surface area contributed by atoms with Gasteiger partial charge in [-0.2, -0.15) is 0 Å². The van der Waals surface area contributed by atoms with E-state index in [0.717, 1.165) is 99.2 Å². The van der Waals surface area contributed by atoms with E-state index >= 15 is 0 Å². The van der Waals surface area contributed by atoms with E-state index in [1.807, 2.05) is 36.4 Å². The third-order valence-corrected chi connectivity index (χ3v) is 31.9. The van der Waals surface area contributed by atoms with E-state index in [9.17, 15) is 0 Å². The molecule has 0 saturated heterocycles. The first-order valence-electron chi connectivity index (χ1n) is 49.8. The van der Waals surface area contributed by atoms with Crippen molar-refractivity contribution in [2.24, 2.45) is 0 Å². The first-order chi connectivity index (χ1) is 69.1. The minimum absolute atomic E-state index is 0.0642. The van der Waals surface area contributed by atoms with Crippen LogP contribution in [-0.2, 0) is 27.1 Å². The number of fused-ring (bicyclic) bond motifs is 21. The smallest absolute Gasteiger partial charge is 0.143 e. The van der Waals surface area contributed by atoms with Gasteiger partial charge in [0.25, 0.3) is 0 Å². The predicted molar refractivity (Wildman–Crippen MR) is 594 cm³/mol. The van der Waals surface area contributed by atoms with Gasteiger partial charge < -0.3 is 28.0 Å². The molecule has 3 aliphatic heterocycles. The van der Waals surface area contributed by atoms with Gasteiger partial charge in [-0.05, 0) is 244 Å². The Balaban J connectivity index is 0.000000110. The van der Waals surface area contributed by atoms with Gasteiger partial charge in [0.15, 0.2) is 0 Å². The molecule has 5 aliphatic rings. The van der Waals surface area contributed by atoms with Crippen LogP contribution in [0, 0.1) is 6.92 Å². The van der Waals surface area contributed by atoms with Crippen LogP contribution >= 0.6 is 0 Å². The second-order valence-electron chi connectivity index (χ2n) is 41.8. The van der Waals surface area contributed by atoms with Gasteiger partial charge in [-0.15, -0.1) is 0 Å². The molecule has 0 radical (unpaired) electrons. The zero-order valence-electron chi connectivity index (χ0n) is 81.6. The zero-order chi connectivity index (χ0) is 96.0. The monoisotopic (exact) mass is 1830 g/mol. The summed E-state index contributed by atoms with van der Waals surface area (Å²) < 4.78 is 19.0. The van der Waals surface area contributed by atoms with Gasteiger partial charge in [0.1, 0.15) is 33.5 Å². The molecule has 0 spiro atoms. The summed E-state index contributed by atoms with van der Waals surface area (Å²) in [4.78, 5) is 7.38. The fourth-order valence-electron chi connectivity index (χ4n) is 24.3. The van der Waals surface area contributed by atoms with Crippen LogP contribution < -0.4 is 14.7 Å². The second-order valence-corrected chi connectivity index (χ2v) is 41.8. The summed E-state index contributed by atoms with van der Waals surface area (Å²) in [6.45, 7) is 25.8. The molecule has 0 amide bonds. The normalized spacial score (nSPS) is 14.7. The molecule has 0 bridgehead atoms. The SMILES string of the molecule is CC1(C)c2ccccc2-c2ccc(N3c4ccccc4C(C)(C)c4cc(-c5ccc(-c6cccc7c6oc6ccccc67)cc5)ccc43)cc21.CC1(C)c2ccccc2N(c2ccccc2)c2ccc(-c3ccc(-c4cccc5c4oc4ccccc45)cc3)cc21.Cc1ccc2c(c1)C(C)(C)c1cc(-c3ccc(-c4cccc5c4oc4ccccc45)cc3)ccc1N2c1ccc2c(c1)C(C)(C)c1ccccc1-2. The van der Waals surface area contributed by atoms with Crippen LogP contribution in [0.5, 0.6) is 0 Å². The molecule has 6 heteroatoms. The molecule has 2 aliphatic carbocycles. The van der Waals surface area contributed by atoms with Crippen LogP contribution in [0.3, 0.4) is 0 Å². The number of benzene rings is 20. The van der Waals surface area contributed by atoms with Crippen molar-refractivity contribution < 1.29 is 13.3 Å². The standard InChI is InChI=1S/C49H39NO.C48H37NO.C39H29NO/c1-30-17-25-44-42(27-30)49(4,5)43-28-33(31-18-20-32(21-19-31)35-13-10-14-39-38-12-7-9-16-46(38)51-47(35)39)22-26-45(43)50(44)34-23-24-37-36-11-6-8-15-40(36)48(2,3)41(37)29-34;1-47(2)39-16-7-5-12-35(39)36-26-25-33(29-41(36)47)49-43-18-9-8-17-40(43)48(3,4)42-28-32(24-27-44(42)49)30-20-22-31(23-21-30)34-14-11-15-38-37-13-6-10-19-45(37)50-46(34)38;1-39(2)33-16-7-8-17-35(33)40(29-11-4-3-5-12-29)36-24-23-28(25-34(36)39)26-19-21-27(22-20-26)30-14-10-15-32-31-13-6-9-18-37(31)41-38(30)32/h6-29H,1-5H3;5-29H,1-4H3;3-25H,1-2H3. The summed E-state index contributed by atoms with van der Waals surface area (Å²) in [7, 11) is 0. The minimum atomic E-state index is -0.188. The lowest BCUT2D eigenvalue weighted by Gasteiger charge is -2.42. The number of furan rings is 3. The van der Waals surface area contributed by atoms with E-state index in [1.165, 1.54) is 168 Å². The van der Waals surface area contributed by atoms with Crippen LogP contribution in [0.25, 0.3) is 155 Å². The third kappa shape index (κ3) is 13.4. The van der Waals surface area contributed by atoms with Crippen LogP contribution in [0.1, 0.15) is 130 Å². The summed E-state index contributed by atoms with van der Waals surface area (Å²) in [6.07, 6.45) is 0. The first kappa shape index (κ1) is 85.6. The molecule has 0 N–H and O–H groups in total. The Morgan fingerprint density at radius 3 is 0.803 bits per heavy atom. The van der Waals surface area contributed by atoms with E-state index in [1.54, 1.807) is 0 Å². The van der Waals surface area contributed by atoms with E-state index in [2.05, 4.69) is 491 Å². The summed E-state index contributed by atoms with van der Waals surface area (Å²) in [5, 5.41) is 6.93. The highest BCUT2D eigenvalue weighted by molar-refractivity contribution is 6.13. The molecule has 6 nitrogen and oxygen atoms in total. The van der Waals surface area contributed by atoms with Crippen molar-refractivity contribution in [3.63, 3.8) is 0 Å². The van der Waals surface area contributed by atoms with Gasteiger partial charge in [0, 0.05) is 93.1 Å². The van der Waals surface area contributed by atoms with Crippen molar-refractivity contribution in [3.8, 4) is 89.0 Å². The molecule has 0 unspecified atom stereocenters. The average Bonchev–Trinajstić information content (AvgIpc) is 1.33. The highest BCUT2D eigenvalue weighted by Gasteiger charge is 2.44. The van der Waals surface area contributed by atoms with Gasteiger partial charge in [-0.25, -0.2) is 0 Å². The lowest BCUT2D eigenvalue weighted by atomic mass is 9.72. The Bertz CT molecular complexity index is 9090. The topological polar surface area (TPSA) is 49.1 Å². The summed E-state index contributed by atoms with van der Waals surface area (Å²) in [6, 6.07) is 159. The fraction of sp³-hybridized carbons (Fsp3) is 0.118. The first-order valence-corrected chi connectivity index (χ1v) is 49.8. The zero-order valence-corrected chi connectivity index (χ0v) is 81.6. The lowest BCUT2D eigenvalue weighted by Crippen LogP contribution is -2.31. The number of para-hydroxylation sites is 9. The number of nitrogens with zero attached hydrogens (tertiary/aromatic N) is 3. The van der Waals surface area contributed by atoms with Gasteiger partial charge in [-0.3, -0.25) is 0 Å². The molecule has 0 saturated carbocycles. The van der Waals surface area contributed by atoms with Crippen molar-refractivity contribution in [2.75, 3.05) is 14.7 Å². The van der Waals surface area contributed by atoms with Crippen molar-refractivity contribution in [1.29, 1.82) is 0 Å². The van der Waals surface area contributed by atoms with Gasteiger partial charge in [-0.1, -0.05) is 402 Å². The maximum Gasteiger partial charge on any atom is 0.143 e. The molecule has 142 heavy (non-hydrogen) atoms. The van der Waals surface area contributed by atoms with Crippen molar-refractivity contribution in [3.05, 3.63) is 498 Å². The highest BCUT2D eigenvalue weighted by atomic mass is 16.3. The Hall–Kier alpha value is -16.8. The predicted octanol–water partition coefficient (Wildman–Crippen LogP) is 38.0. The highest BCUT2D eigenvalue weighted by Crippen LogP contribution is 2.61. The van der Waals surface area contributed by atoms with E-state index in [4.69, 9.17) is 13.3 Å². The number of anilines is 9. The average molecular weight is 1830 g/mol. The number of rotatable bonds is 9. The molecular formula is C136H105N3O3. The van der Waals surface area contributed by atoms with E-state index in [0.29, 0.717) is 0 Å². The van der Waals surface area contributed by atoms with Crippen LogP contribution in [-0.4, -0.2) is 0 Å². The van der Waals surface area contributed by atoms with Crippen LogP contribution in [0.2, 0.25) is 0 Å². The Morgan fingerprint density at radius 2 is 0.423 bits per heavy atom. The van der Waals surface area contributed by atoms with Crippen molar-refractivity contribution in [1.82, 2.24) is 0 Å². The number of hydrogen-bond donors (Lipinski definition) is 0. The molecule has 3 aromatic heterocycles. The molecule has 20 aromatic carbocycles. The number of hydrogen-bond acceptors (Lipinski definition) is 6. The van der Waals surface area contributed by atoms with Crippen LogP contribution in [0.15, 0.2) is 450 Å². The van der Waals surface area contributed by atoms with Gasteiger partial charge >= 0.3 is 0 Å². The van der Waals surface area contributed by atoms with Crippen LogP contribution in [0.4, 0.5) is 51.2 Å². The largest absolute Gasteiger partial charge is 0.455 e. The van der Waals surface area contributed by atoms with Crippen molar-refractivity contribution in [2.45, 2.75) is 103 Å². The summed E-state index contributed by atoms with van der Waals surface area (Å²) >= 11 is 0. The Labute approximate surface area is 829 Å². The second kappa shape index (κ2) is 32.4. The molecule has 23 aromatic rings. The summed E-state index contributed by atoms with van der Waals surface area (Å²) in [5.41, 5.74) is 50.3. The maximum absolute atomic E-state index is 6.37. The van der Waals surface area contributed by atoms with Crippen molar-refractivity contribution >= 4 is 117 Å². The molecule has 6 heterocycles. The van der Waals surface area contributed by atoms with E-state index < -0.39 is 0 Å². The number of aryl methyl sites for hydroxylation is 1. The van der Waals surface area contributed by atoms with Gasteiger partial charge in [0.05, 0.1) is 34.1 Å². The summed E-state index contributed by atoms with van der Waals surface area (Å²) in [5.74, 6) is 0. The fourth-order valence-corrected chi connectivity index (χ4v) is 24.3. The Kier molecular flexibility index (Phi) is 19.5. The molecular weight excluding hydrogens is 1720 g/mol. The maximum atomic E-state index is 6.37. The minimum Gasteiger partial charge on any atom is -0.455 e. The molecule has 682 valence electrons. The molecule has 0 atom stereocenters. The Morgan fingerprint density at radius 1 is 0.162 bits per heavy atom. The van der Waals surface area contributed by atoms with E-state index in [-0.39, 0.29) is 27.1 Å².